The van der Waals surface area contributed by atoms with E-state index in [2.05, 4.69) is 51.5 Å². The lowest BCUT2D eigenvalue weighted by atomic mass is 10.2. The minimum atomic E-state index is 0.635. The Morgan fingerprint density at radius 3 is 2.56 bits per heavy atom. The Labute approximate surface area is 155 Å². The summed E-state index contributed by atoms with van der Waals surface area (Å²) in [5, 5.41) is 5.57. The number of hydrogen-bond donors (Lipinski definition) is 0. The smallest absolute Gasteiger partial charge is 0.183 e. The first-order valence-corrected chi connectivity index (χ1v) is 8.70. The zero-order valence-corrected chi connectivity index (χ0v) is 15.2. The van der Waals surface area contributed by atoms with Crippen LogP contribution in [0.1, 0.15) is 16.8 Å². The molecule has 0 aromatic carbocycles. The van der Waals surface area contributed by atoms with Crippen LogP contribution in [-0.2, 0) is 0 Å². The summed E-state index contributed by atoms with van der Waals surface area (Å²) in [6.45, 7) is 6.23. The molecule has 0 atom stereocenters. The first-order chi connectivity index (χ1) is 13.1. The highest BCUT2D eigenvalue weighted by molar-refractivity contribution is 5.95. The SMILES string of the molecule is Cc1cccnc1-n1c(C)c(C)c2c1ncn1nc(-c3cccnc3)nc21. The van der Waals surface area contributed by atoms with Gasteiger partial charge in [-0.05, 0) is 50.1 Å². The minimum Gasteiger partial charge on any atom is -0.282 e. The van der Waals surface area contributed by atoms with Crippen LogP contribution in [0.2, 0.25) is 0 Å². The number of aromatic nitrogens is 7. The second-order valence-corrected chi connectivity index (χ2v) is 6.58. The van der Waals surface area contributed by atoms with Crippen molar-refractivity contribution in [3.05, 3.63) is 66.0 Å². The fourth-order valence-electron chi connectivity index (χ4n) is 3.45. The van der Waals surface area contributed by atoms with Crippen molar-refractivity contribution in [3.8, 4) is 17.2 Å². The molecular weight excluding hydrogens is 338 g/mol. The Morgan fingerprint density at radius 1 is 0.926 bits per heavy atom. The zero-order valence-electron chi connectivity index (χ0n) is 15.2. The Bertz CT molecular complexity index is 1300. The van der Waals surface area contributed by atoms with E-state index in [0.29, 0.717) is 5.82 Å². The van der Waals surface area contributed by atoms with Gasteiger partial charge in [-0.2, -0.15) is 0 Å². The van der Waals surface area contributed by atoms with Crippen LogP contribution in [-0.4, -0.2) is 34.1 Å². The third-order valence-corrected chi connectivity index (χ3v) is 4.95. The van der Waals surface area contributed by atoms with E-state index in [1.54, 1.807) is 29.4 Å². The molecule has 0 saturated heterocycles. The van der Waals surface area contributed by atoms with Gasteiger partial charge in [0.25, 0.3) is 0 Å². The van der Waals surface area contributed by atoms with Crippen LogP contribution in [0.5, 0.6) is 0 Å². The average Bonchev–Trinajstić information content (AvgIpc) is 3.23. The zero-order chi connectivity index (χ0) is 18.5. The molecule has 0 aliphatic rings. The molecule has 5 heterocycles. The first kappa shape index (κ1) is 15.6. The predicted molar refractivity (Wildman–Crippen MR) is 103 cm³/mol. The van der Waals surface area contributed by atoms with E-state index in [0.717, 1.165) is 44.9 Å². The summed E-state index contributed by atoms with van der Waals surface area (Å²) in [7, 11) is 0. The van der Waals surface area contributed by atoms with Gasteiger partial charge in [-0.15, -0.1) is 5.10 Å². The molecule has 132 valence electrons. The van der Waals surface area contributed by atoms with Gasteiger partial charge in [-0.1, -0.05) is 6.07 Å². The van der Waals surface area contributed by atoms with Crippen LogP contribution in [0.15, 0.2) is 49.2 Å². The second-order valence-electron chi connectivity index (χ2n) is 6.58. The van der Waals surface area contributed by atoms with Gasteiger partial charge in [-0.25, -0.2) is 19.5 Å². The maximum atomic E-state index is 4.78. The molecule has 27 heavy (non-hydrogen) atoms. The first-order valence-electron chi connectivity index (χ1n) is 8.70. The molecule has 5 aromatic rings. The number of fused-ring (bicyclic) bond motifs is 3. The molecule has 0 fully saturated rings. The molecule has 7 heteroatoms. The maximum Gasteiger partial charge on any atom is 0.183 e. The van der Waals surface area contributed by atoms with Crippen LogP contribution in [0.3, 0.4) is 0 Å². The van der Waals surface area contributed by atoms with E-state index < -0.39 is 0 Å². The van der Waals surface area contributed by atoms with Crippen molar-refractivity contribution >= 4 is 16.7 Å². The standard InChI is InChI=1S/C20H17N7/c1-12-6-4-9-22-18(12)27-14(3)13(2)16-19(27)23-11-26-20(16)24-17(25-26)15-7-5-8-21-10-15/h4-11H,1-3H3. The van der Waals surface area contributed by atoms with Crippen molar-refractivity contribution in [2.75, 3.05) is 0 Å². The van der Waals surface area contributed by atoms with Crippen LogP contribution >= 0.6 is 0 Å². The van der Waals surface area contributed by atoms with Crippen LogP contribution < -0.4 is 0 Å². The highest BCUT2D eigenvalue weighted by Gasteiger charge is 2.20. The summed E-state index contributed by atoms with van der Waals surface area (Å²) in [5.74, 6) is 1.52. The van der Waals surface area contributed by atoms with E-state index in [-0.39, 0.29) is 0 Å². The Morgan fingerprint density at radius 2 is 1.78 bits per heavy atom. The van der Waals surface area contributed by atoms with Gasteiger partial charge in [0, 0.05) is 29.8 Å². The van der Waals surface area contributed by atoms with Crippen molar-refractivity contribution in [1.82, 2.24) is 34.1 Å². The summed E-state index contributed by atoms with van der Waals surface area (Å²) in [6, 6.07) is 7.83. The van der Waals surface area contributed by atoms with Crippen molar-refractivity contribution in [3.63, 3.8) is 0 Å². The molecule has 0 aliphatic heterocycles. The molecular formula is C20H17N7. The third kappa shape index (κ3) is 2.25. The molecule has 0 bridgehead atoms. The predicted octanol–water partition coefficient (Wildman–Crippen LogP) is 3.45. The van der Waals surface area contributed by atoms with Crippen molar-refractivity contribution in [2.24, 2.45) is 0 Å². The second kappa shape index (κ2) is 5.70. The molecule has 0 radical (unpaired) electrons. The van der Waals surface area contributed by atoms with E-state index in [1.807, 2.05) is 18.2 Å². The van der Waals surface area contributed by atoms with Crippen molar-refractivity contribution in [1.29, 1.82) is 0 Å². The lowest BCUT2D eigenvalue weighted by Crippen LogP contribution is -2.03. The quantitative estimate of drug-likeness (QED) is 0.485. The molecule has 0 saturated carbocycles. The van der Waals surface area contributed by atoms with Gasteiger partial charge >= 0.3 is 0 Å². The molecule has 0 spiro atoms. The molecule has 0 aliphatic carbocycles. The monoisotopic (exact) mass is 355 g/mol. The van der Waals surface area contributed by atoms with Crippen molar-refractivity contribution < 1.29 is 0 Å². The van der Waals surface area contributed by atoms with Gasteiger partial charge in [0.1, 0.15) is 12.1 Å². The molecule has 0 N–H and O–H groups in total. The normalized spacial score (nSPS) is 11.5. The Balaban J connectivity index is 1.84. The highest BCUT2D eigenvalue weighted by atomic mass is 15.3. The maximum absolute atomic E-state index is 4.78. The van der Waals surface area contributed by atoms with E-state index in [4.69, 9.17) is 4.98 Å². The Hall–Kier alpha value is -3.61. The van der Waals surface area contributed by atoms with Crippen molar-refractivity contribution in [2.45, 2.75) is 20.8 Å². The largest absolute Gasteiger partial charge is 0.282 e. The highest BCUT2D eigenvalue weighted by Crippen LogP contribution is 2.30. The number of aryl methyl sites for hydroxylation is 2. The molecule has 7 nitrogen and oxygen atoms in total. The molecule has 5 rings (SSSR count). The third-order valence-electron chi connectivity index (χ3n) is 4.95. The van der Waals surface area contributed by atoms with Gasteiger partial charge < -0.3 is 0 Å². The van der Waals surface area contributed by atoms with Crippen LogP contribution in [0.25, 0.3) is 33.9 Å². The summed E-state index contributed by atoms with van der Waals surface area (Å²) in [6.07, 6.45) is 7.01. The fourth-order valence-corrected chi connectivity index (χ4v) is 3.45. The van der Waals surface area contributed by atoms with E-state index in [9.17, 15) is 0 Å². The fraction of sp³-hybridized carbons (Fsp3) is 0.150. The topological polar surface area (TPSA) is 73.8 Å². The summed E-state index contributed by atoms with van der Waals surface area (Å²) in [5.41, 5.74) is 5.81. The van der Waals surface area contributed by atoms with E-state index >= 15 is 0 Å². The van der Waals surface area contributed by atoms with Gasteiger partial charge in [0.2, 0.25) is 0 Å². The lowest BCUT2D eigenvalue weighted by Gasteiger charge is -2.09. The van der Waals surface area contributed by atoms with Gasteiger partial charge in [0.15, 0.2) is 17.1 Å². The van der Waals surface area contributed by atoms with Crippen LogP contribution in [0, 0.1) is 20.8 Å². The molecule has 5 aromatic heterocycles. The molecule has 0 amide bonds. The number of pyridine rings is 2. The minimum absolute atomic E-state index is 0.635. The number of nitrogens with zero attached hydrogens (tertiary/aromatic N) is 7. The number of rotatable bonds is 2. The summed E-state index contributed by atoms with van der Waals surface area (Å²) in [4.78, 5) is 18.2. The lowest BCUT2D eigenvalue weighted by molar-refractivity contribution is 0.915. The average molecular weight is 355 g/mol. The van der Waals surface area contributed by atoms with E-state index in [1.165, 1.54) is 0 Å². The summed E-state index contributed by atoms with van der Waals surface area (Å²) >= 11 is 0. The van der Waals surface area contributed by atoms with Gasteiger partial charge in [-0.3, -0.25) is 9.55 Å². The summed E-state index contributed by atoms with van der Waals surface area (Å²) < 4.78 is 3.82. The molecule has 0 unspecified atom stereocenters. The Kier molecular flexibility index (Phi) is 3.30. The van der Waals surface area contributed by atoms with Crippen LogP contribution in [0.4, 0.5) is 0 Å². The van der Waals surface area contributed by atoms with Gasteiger partial charge in [0.05, 0.1) is 5.39 Å². The number of hydrogen-bond acceptors (Lipinski definition) is 5.